The molecule has 0 aromatic heterocycles. The topological polar surface area (TPSA) is 186 Å². The number of amides is 2. The molecule has 6 N–H and O–H groups in total. The summed E-state index contributed by atoms with van der Waals surface area (Å²) in [4.78, 5) is 38.3. The molecule has 2 heterocycles. The molecule has 0 aliphatic carbocycles. The van der Waals surface area contributed by atoms with Crippen molar-refractivity contribution in [1.29, 1.82) is 0 Å². The average Bonchev–Trinajstić information content (AvgIpc) is 3.07. The van der Waals surface area contributed by atoms with E-state index >= 15 is 0 Å². The number of aliphatic hydroxyl groups is 4. The van der Waals surface area contributed by atoms with Crippen LogP contribution in [0.2, 0.25) is 0 Å². The van der Waals surface area contributed by atoms with Gasteiger partial charge in [-0.05, 0) is 79.4 Å². The van der Waals surface area contributed by atoms with Crippen molar-refractivity contribution >= 4 is 23.5 Å². The Balaban J connectivity index is 1.36. The fourth-order valence-electron chi connectivity index (χ4n) is 5.75. The summed E-state index contributed by atoms with van der Waals surface area (Å²) >= 11 is 0. The number of benzene rings is 3. The van der Waals surface area contributed by atoms with Crippen LogP contribution in [0.5, 0.6) is 5.75 Å². The Morgan fingerprint density at radius 2 is 1.65 bits per heavy atom. The van der Waals surface area contributed by atoms with Crippen LogP contribution in [0.3, 0.4) is 0 Å². The number of aliphatic carboxylic acids is 1. The molecule has 3 aromatic carbocycles. The van der Waals surface area contributed by atoms with Gasteiger partial charge in [0.1, 0.15) is 29.9 Å². The van der Waals surface area contributed by atoms with Crippen LogP contribution in [0.4, 0.5) is 10.1 Å². The highest BCUT2D eigenvalue weighted by Crippen LogP contribution is 2.46. The summed E-state index contributed by atoms with van der Waals surface area (Å²) in [6, 6.07) is 18.3. The Hall–Kier alpha value is -4.84. The third-order valence-electron chi connectivity index (χ3n) is 8.31. The van der Waals surface area contributed by atoms with Gasteiger partial charge in [0.25, 0.3) is 5.91 Å². The predicted molar refractivity (Wildman–Crippen MR) is 168 cm³/mol. The molecule has 2 aliphatic rings. The van der Waals surface area contributed by atoms with E-state index in [2.05, 4.69) is 17.2 Å². The fraction of sp³-hybridized carbons (Fsp3) is 0.343. The van der Waals surface area contributed by atoms with Gasteiger partial charge in [-0.3, -0.25) is 9.59 Å². The number of carbonyl (C=O) groups excluding carboxylic acids is 2. The Morgan fingerprint density at radius 1 is 0.979 bits per heavy atom. The first-order chi connectivity index (χ1) is 23.0. The Labute approximate surface area is 275 Å². The third kappa shape index (κ3) is 7.49. The highest BCUT2D eigenvalue weighted by molar-refractivity contribution is 6.03. The van der Waals surface area contributed by atoms with Crippen molar-refractivity contribution in [3.8, 4) is 17.6 Å². The summed E-state index contributed by atoms with van der Waals surface area (Å²) in [7, 11) is 0. The van der Waals surface area contributed by atoms with E-state index < -0.39 is 66.5 Å². The predicted octanol–water partition coefficient (Wildman–Crippen LogP) is 1.80. The second kappa shape index (κ2) is 14.9. The molecular formula is C35H35FN2O10. The molecule has 13 heteroatoms. The lowest BCUT2D eigenvalue weighted by molar-refractivity contribution is -0.271. The zero-order valence-electron chi connectivity index (χ0n) is 25.8. The van der Waals surface area contributed by atoms with E-state index in [1.54, 1.807) is 48.2 Å². The maximum absolute atomic E-state index is 13.6. The molecule has 3 unspecified atom stereocenters. The zero-order valence-corrected chi connectivity index (χ0v) is 25.8. The van der Waals surface area contributed by atoms with E-state index in [0.29, 0.717) is 35.3 Å². The first-order valence-corrected chi connectivity index (χ1v) is 15.3. The normalized spacial score (nSPS) is 25.7. The molecule has 0 saturated carbocycles. The molecule has 3 aromatic rings. The minimum atomic E-state index is -1.86. The second-order valence-corrected chi connectivity index (χ2v) is 11.5. The highest BCUT2D eigenvalue weighted by Gasteiger charge is 2.49. The average molecular weight is 663 g/mol. The van der Waals surface area contributed by atoms with Crippen molar-refractivity contribution in [1.82, 2.24) is 5.32 Å². The minimum Gasteiger partial charge on any atom is -0.479 e. The lowest BCUT2D eigenvalue weighted by atomic mass is 9.78. The number of rotatable bonds is 10. The van der Waals surface area contributed by atoms with Gasteiger partial charge >= 0.3 is 5.97 Å². The van der Waals surface area contributed by atoms with Gasteiger partial charge in [-0.15, -0.1) is 0 Å². The van der Waals surface area contributed by atoms with Crippen LogP contribution in [0.1, 0.15) is 48.6 Å². The summed E-state index contributed by atoms with van der Waals surface area (Å²) in [5.41, 5.74) is 2.38. The van der Waals surface area contributed by atoms with E-state index in [9.17, 15) is 44.3 Å². The molecule has 12 nitrogen and oxygen atoms in total. The molecule has 2 aliphatic heterocycles. The van der Waals surface area contributed by atoms with Gasteiger partial charge in [0.2, 0.25) is 12.2 Å². The van der Waals surface area contributed by atoms with Crippen LogP contribution in [-0.2, 0) is 19.1 Å². The molecule has 5 rings (SSSR count). The van der Waals surface area contributed by atoms with Crippen LogP contribution in [0.15, 0.2) is 72.8 Å². The fourth-order valence-corrected chi connectivity index (χ4v) is 5.75. The van der Waals surface area contributed by atoms with Gasteiger partial charge in [0.15, 0.2) is 6.10 Å². The van der Waals surface area contributed by atoms with Crippen LogP contribution < -0.4 is 15.0 Å². The van der Waals surface area contributed by atoms with E-state index in [4.69, 9.17) is 9.47 Å². The van der Waals surface area contributed by atoms with E-state index in [-0.39, 0.29) is 18.1 Å². The molecular weight excluding hydrogens is 627 g/mol. The van der Waals surface area contributed by atoms with Crippen molar-refractivity contribution in [3.63, 3.8) is 0 Å². The maximum atomic E-state index is 13.6. The summed E-state index contributed by atoms with van der Waals surface area (Å²) in [5, 5.41) is 53.0. The molecule has 252 valence electrons. The number of β-lactam (4-membered cyclic amide) rings is 1. The SMILES string of the molecule is CCNC(=O)C#Cc1ccc(N2C(=O)C(CC[C@H](O)c3ccc(F)cc3)[C@H]2c2ccc(O[C@@H]3O[C@H](C(=O)O)C(O)[C@H](O)C3O)cc2)cc1. The van der Waals surface area contributed by atoms with Gasteiger partial charge in [-0.25, -0.2) is 9.18 Å². The lowest BCUT2D eigenvalue weighted by Gasteiger charge is -2.48. The Bertz CT molecular complexity index is 1670. The molecule has 2 saturated heterocycles. The second-order valence-electron chi connectivity index (χ2n) is 11.5. The van der Waals surface area contributed by atoms with Crippen molar-refractivity contribution < 1.29 is 53.8 Å². The number of nitrogens with one attached hydrogen (secondary N) is 1. The lowest BCUT2D eigenvalue weighted by Crippen LogP contribution is -2.61. The molecule has 48 heavy (non-hydrogen) atoms. The Morgan fingerprint density at radius 3 is 2.27 bits per heavy atom. The number of ether oxygens (including phenoxy) is 2. The summed E-state index contributed by atoms with van der Waals surface area (Å²) in [6.45, 7) is 2.24. The first kappa shape index (κ1) is 34.5. The van der Waals surface area contributed by atoms with E-state index in [1.807, 2.05) is 0 Å². The van der Waals surface area contributed by atoms with E-state index in [0.717, 1.165) is 0 Å². The maximum Gasteiger partial charge on any atom is 0.335 e. The summed E-state index contributed by atoms with van der Waals surface area (Å²) in [5.74, 6) is 2.37. The van der Waals surface area contributed by atoms with Crippen molar-refractivity contribution in [3.05, 3.63) is 95.3 Å². The Kier molecular flexibility index (Phi) is 10.7. The number of nitrogens with zero attached hydrogens (tertiary/aromatic N) is 1. The number of carboxylic acid groups (broad SMARTS) is 1. The highest BCUT2D eigenvalue weighted by atomic mass is 19.1. The van der Waals surface area contributed by atoms with Crippen molar-refractivity contribution in [2.75, 3.05) is 11.4 Å². The van der Waals surface area contributed by atoms with Crippen LogP contribution >= 0.6 is 0 Å². The largest absolute Gasteiger partial charge is 0.479 e. The zero-order chi connectivity index (χ0) is 34.5. The molecule has 2 fully saturated rings. The number of anilines is 1. The standard InChI is InChI=1S/C35H35FN2O10/c1-2-37-27(40)18-5-19-3-12-23(13-4-19)38-28(25(33(38)44)16-17-26(39)20-6-10-22(36)11-7-20)21-8-14-24(15-9-21)47-35-31(43)29(41)30(42)32(48-35)34(45)46/h3-4,6-15,25-26,28-32,35,39,41-43H,2,16-17H2,1H3,(H,37,40)(H,45,46)/t25?,26-,28+,29-,30?,31?,32-,35+/m0/s1. The van der Waals surface area contributed by atoms with Gasteiger partial charge in [-0.2, -0.15) is 0 Å². The van der Waals surface area contributed by atoms with Gasteiger partial charge in [0, 0.05) is 23.7 Å². The smallest absolute Gasteiger partial charge is 0.335 e. The van der Waals surface area contributed by atoms with Gasteiger partial charge in [-0.1, -0.05) is 30.2 Å². The number of carboxylic acids is 1. The van der Waals surface area contributed by atoms with Gasteiger partial charge < -0.3 is 45.2 Å². The molecule has 0 spiro atoms. The van der Waals surface area contributed by atoms with Crippen molar-refractivity contribution in [2.45, 2.75) is 62.6 Å². The van der Waals surface area contributed by atoms with Gasteiger partial charge in [0.05, 0.1) is 18.1 Å². The summed E-state index contributed by atoms with van der Waals surface area (Å²) in [6.07, 6.45) is -9.20. The summed E-state index contributed by atoms with van der Waals surface area (Å²) < 4.78 is 24.2. The quantitative estimate of drug-likeness (QED) is 0.138. The number of carbonyl (C=O) groups is 3. The van der Waals surface area contributed by atoms with Crippen molar-refractivity contribution in [2.24, 2.45) is 5.92 Å². The number of halogens is 1. The van der Waals surface area contributed by atoms with E-state index in [1.165, 1.54) is 36.4 Å². The first-order valence-electron chi connectivity index (χ1n) is 15.3. The number of hydrogen-bond acceptors (Lipinski definition) is 9. The molecule has 8 atom stereocenters. The molecule has 0 radical (unpaired) electrons. The van der Waals surface area contributed by atoms with Crippen LogP contribution in [0.25, 0.3) is 0 Å². The molecule has 0 bridgehead atoms. The number of hydrogen-bond donors (Lipinski definition) is 6. The van der Waals surface area contributed by atoms with Crippen LogP contribution in [0, 0.1) is 23.6 Å². The third-order valence-corrected chi connectivity index (χ3v) is 8.31. The molecule has 2 amide bonds. The monoisotopic (exact) mass is 662 g/mol. The minimum absolute atomic E-state index is 0.158. The number of aliphatic hydroxyl groups excluding tert-OH is 4. The van der Waals surface area contributed by atoms with Crippen LogP contribution in [-0.4, -0.2) is 80.6 Å².